The SMILES string of the molecule is C=C(C)C1CC[S+]([O-])CC1. The van der Waals surface area contributed by atoms with Crippen molar-refractivity contribution in [1.82, 2.24) is 0 Å². The van der Waals surface area contributed by atoms with Crippen LogP contribution in [0.4, 0.5) is 0 Å². The van der Waals surface area contributed by atoms with Crippen LogP contribution in [0.25, 0.3) is 0 Å². The largest absolute Gasteiger partial charge is 0.616 e. The number of hydrogen-bond donors (Lipinski definition) is 0. The molecule has 1 aliphatic heterocycles. The first-order chi connectivity index (χ1) is 4.70. The number of allylic oxidation sites excluding steroid dienone is 1. The minimum atomic E-state index is -0.519. The van der Waals surface area contributed by atoms with Gasteiger partial charge in [0, 0.05) is 0 Å². The third-order valence-corrected chi connectivity index (χ3v) is 3.47. The molecule has 0 radical (unpaired) electrons. The van der Waals surface area contributed by atoms with Gasteiger partial charge in [0.05, 0.1) is 0 Å². The Kier molecular flexibility index (Phi) is 2.81. The van der Waals surface area contributed by atoms with Gasteiger partial charge in [0.1, 0.15) is 11.5 Å². The fraction of sp³-hybridized carbons (Fsp3) is 0.750. The smallest absolute Gasteiger partial charge is 0.106 e. The Morgan fingerprint density at radius 3 is 2.40 bits per heavy atom. The Hall–Kier alpha value is 0.0500. The summed E-state index contributed by atoms with van der Waals surface area (Å²) in [5.74, 6) is 2.42. The van der Waals surface area contributed by atoms with Crippen molar-refractivity contribution in [2.45, 2.75) is 19.8 Å². The lowest BCUT2D eigenvalue weighted by atomic mass is 9.96. The average Bonchev–Trinajstić information content (AvgIpc) is 1.88. The first-order valence-electron chi connectivity index (χ1n) is 3.70. The van der Waals surface area contributed by atoms with Crippen molar-refractivity contribution in [2.75, 3.05) is 11.5 Å². The second-order valence-corrected chi connectivity index (χ2v) is 4.66. The maximum Gasteiger partial charge on any atom is 0.106 e. The fourth-order valence-electron chi connectivity index (χ4n) is 1.29. The van der Waals surface area contributed by atoms with Gasteiger partial charge >= 0.3 is 0 Å². The average molecular weight is 158 g/mol. The first-order valence-corrected chi connectivity index (χ1v) is 5.19. The highest BCUT2D eigenvalue weighted by molar-refractivity contribution is 7.91. The second-order valence-electron chi connectivity index (χ2n) is 2.97. The lowest BCUT2D eigenvalue weighted by Crippen LogP contribution is -2.23. The van der Waals surface area contributed by atoms with Crippen LogP contribution in [0.2, 0.25) is 0 Å². The lowest BCUT2D eigenvalue weighted by molar-refractivity contribution is 0.519. The number of rotatable bonds is 1. The zero-order valence-electron chi connectivity index (χ0n) is 6.43. The molecule has 0 aromatic heterocycles. The molecule has 10 heavy (non-hydrogen) atoms. The van der Waals surface area contributed by atoms with E-state index in [0.29, 0.717) is 5.92 Å². The summed E-state index contributed by atoms with van der Waals surface area (Å²) in [4.78, 5) is 0. The normalized spacial score (nSPS) is 33.8. The second kappa shape index (κ2) is 3.44. The maximum atomic E-state index is 10.9. The molecule has 2 heteroatoms. The summed E-state index contributed by atoms with van der Waals surface area (Å²) in [6.07, 6.45) is 2.17. The van der Waals surface area contributed by atoms with Crippen molar-refractivity contribution in [3.05, 3.63) is 12.2 Å². The summed E-state index contributed by atoms with van der Waals surface area (Å²) in [5, 5.41) is 0. The molecule has 1 saturated heterocycles. The van der Waals surface area contributed by atoms with Crippen molar-refractivity contribution < 1.29 is 4.55 Å². The van der Waals surface area contributed by atoms with Gasteiger partial charge in [-0.1, -0.05) is 23.3 Å². The van der Waals surface area contributed by atoms with E-state index in [2.05, 4.69) is 13.5 Å². The molecule has 0 N–H and O–H groups in total. The molecule has 0 spiro atoms. The minimum absolute atomic E-state index is 0.519. The van der Waals surface area contributed by atoms with Crippen LogP contribution < -0.4 is 0 Å². The summed E-state index contributed by atoms with van der Waals surface area (Å²) in [6.45, 7) is 5.97. The van der Waals surface area contributed by atoms with E-state index in [1.54, 1.807) is 0 Å². The minimum Gasteiger partial charge on any atom is -0.616 e. The third-order valence-electron chi connectivity index (χ3n) is 2.08. The van der Waals surface area contributed by atoms with Crippen molar-refractivity contribution in [3.63, 3.8) is 0 Å². The molecule has 0 unspecified atom stereocenters. The Bertz CT molecular complexity index is 125. The van der Waals surface area contributed by atoms with Crippen molar-refractivity contribution in [1.29, 1.82) is 0 Å². The van der Waals surface area contributed by atoms with Crippen LogP contribution >= 0.6 is 0 Å². The van der Waals surface area contributed by atoms with Gasteiger partial charge in [-0.3, -0.25) is 0 Å². The van der Waals surface area contributed by atoms with E-state index in [1.807, 2.05) is 0 Å². The van der Waals surface area contributed by atoms with E-state index in [4.69, 9.17) is 0 Å². The zero-order chi connectivity index (χ0) is 7.56. The fourth-order valence-corrected chi connectivity index (χ4v) is 2.59. The monoisotopic (exact) mass is 158 g/mol. The van der Waals surface area contributed by atoms with Crippen molar-refractivity contribution >= 4 is 11.2 Å². The van der Waals surface area contributed by atoms with E-state index < -0.39 is 11.2 Å². The molecule has 1 fully saturated rings. The summed E-state index contributed by atoms with van der Waals surface area (Å²) in [7, 11) is 0. The standard InChI is InChI=1S/C8H14OS/c1-7(2)8-3-5-10(9)6-4-8/h8H,1,3-6H2,2H3. The van der Waals surface area contributed by atoms with Gasteiger partial charge in [-0.15, -0.1) is 0 Å². The molecule has 0 aromatic rings. The zero-order valence-corrected chi connectivity index (χ0v) is 7.25. The Balaban J connectivity index is 2.33. The predicted molar refractivity (Wildman–Crippen MR) is 45.4 cm³/mol. The summed E-state index contributed by atoms with van der Waals surface area (Å²) in [5.41, 5.74) is 1.26. The third kappa shape index (κ3) is 2.03. The molecule has 0 atom stereocenters. The molecule has 1 nitrogen and oxygen atoms in total. The van der Waals surface area contributed by atoms with Gasteiger partial charge in [-0.05, 0) is 25.7 Å². The lowest BCUT2D eigenvalue weighted by Gasteiger charge is -2.24. The molecule has 58 valence electrons. The molecule has 0 amide bonds. The van der Waals surface area contributed by atoms with Gasteiger partial charge in [0.15, 0.2) is 0 Å². The summed E-state index contributed by atoms with van der Waals surface area (Å²) < 4.78 is 10.9. The molecule has 1 aliphatic rings. The van der Waals surface area contributed by atoms with Crippen LogP contribution in [0.5, 0.6) is 0 Å². The molecular weight excluding hydrogens is 144 g/mol. The van der Waals surface area contributed by atoms with Crippen molar-refractivity contribution in [2.24, 2.45) is 5.92 Å². The van der Waals surface area contributed by atoms with Gasteiger partial charge in [-0.2, -0.15) is 0 Å². The van der Waals surface area contributed by atoms with Crippen LogP contribution in [0.1, 0.15) is 19.8 Å². The van der Waals surface area contributed by atoms with Gasteiger partial charge < -0.3 is 4.55 Å². The van der Waals surface area contributed by atoms with E-state index >= 15 is 0 Å². The van der Waals surface area contributed by atoms with E-state index in [0.717, 1.165) is 24.3 Å². The maximum absolute atomic E-state index is 10.9. The molecule has 1 heterocycles. The predicted octanol–water partition coefficient (Wildman–Crippen LogP) is 1.72. The van der Waals surface area contributed by atoms with E-state index in [-0.39, 0.29) is 0 Å². The Morgan fingerprint density at radius 1 is 1.50 bits per heavy atom. The van der Waals surface area contributed by atoms with E-state index in [1.165, 1.54) is 5.57 Å². The van der Waals surface area contributed by atoms with Crippen LogP contribution in [0.3, 0.4) is 0 Å². The molecule has 1 rings (SSSR count). The van der Waals surface area contributed by atoms with E-state index in [9.17, 15) is 4.55 Å². The Labute approximate surface area is 65.7 Å². The highest BCUT2D eigenvalue weighted by atomic mass is 32.2. The molecular formula is C8H14OS. The van der Waals surface area contributed by atoms with Crippen LogP contribution in [0, 0.1) is 5.92 Å². The summed E-state index contributed by atoms with van der Waals surface area (Å²) in [6, 6.07) is 0. The molecule has 0 saturated carbocycles. The highest BCUT2D eigenvalue weighted by Gasteiger charge is 2.21. The quantitative estimate of drug-likeness (QED) is 0.421. The highest BCUT2D eigenvalue weighted by Crippen LogP contribution is 2.23. The van der Waals surface area contributed by atoms with Crippen LogP contribution in [-0.2, 0) is 11.2 Å². The topological polar surface area (TPSA) is 23.1 Å². The van der Waals surface area contributed by atoms with Gasteiger partial charge in [0.25, 0.3) is 0 Å². The number of hydrogen-bond acceptors (Lipinski definition) is 1. The van der Waals surface area contributed by atoms with Crippen LogP contribution in [-0.4, -0.2) is 16.1 Å². The Morgan fingerprint density at radius 2 is 2.00 bits per heavy atom. The molecule has 0 aromatic carbocycles. The molecule has 0 aliphatic carbocycles. The van der Waals surface area contributed by atoms with Gasteiger partial charge in [0.2, 0.25) is 0 Å². The van der Waals surface area contributed by atoms with Crippen LogP contribution in [0.15, 0.2) is 12.2 Å². The first kappa shape index (κ1) is 8.15. The van der Waals surface area contributed by atoms with Gasteiger partial charge in [-0.25, -0.2) is 0 Å². The molecule has 0 bridgehead atoms. The summed E-state index contributed by atoms with van der Waals surface area (Å²) >= 11 is -0.519. The van der Waals surface area contributed by atoms with Crippen molar-refractivity contribution in [3.8, 4) is 0 Å².